The van der Waals surface area contributed by atoms with Gasteiger partial charge in [-0.25, -0.2) is 9.48 Å². The molecule has 2 aromatic carbocycles. The zero-order valence-corrected chi connectivity index (χ0v) is 25.7. The molecule has 2 aliphatic heterocycles. The van der Waals surface area contributed by atoms with E-state index in [-0.39, 0.29) is 29.4 Å². The highest BCUT2D eigenvalue weighted by Crippen LogP contribution is 2.41. The lowest BCUT2D eigenvalue weighted by Crippen LogP contribution is -2.47. The van der Waals surface area contributed by atoms with Crippen molar-refractivity contribution in [2.75, 3.05) is 10.6 Å². The number of carbonyl (C=O) groups is 2. The van der Waals surface area contributed by atoms with Crippen LogP contribution in [0.2, 0.25) is 0 Å². The van der Waals surface area contributed by atoms with Gasteiger partial charge in [0.2, 0.25) is 0 Å². The number of piperidine rings is 1. The molecule has 4 heterocycles. The highest BCUT2D eigenvalue weighted by Gasteiger charge is 2.44. The molecule has 0 saturated carbocycles. The minimum atomic E-state index is -0.318. The molecule has 8 nitrogen and oxygen atoms in total. The molecular formula is C35H41N5O3. The monoisotopic (exact) mass is 579 g/mol. The molecule has 3 amide bonds. The van der Waals surface area contributed by atoms with Gasteiger partial charge in [-0.1, -0.05) is 50.6 Å². The fourth-order valence-corrected chi connectivity index (χ4v) is 6.55. The number of fused-ring (bicyclic) bond motifs is 2. The molecule has 2 aromatic heterocycles. The summed E-state index contributed by atoms with van der Waals surface area (Å²) >= 11 is 0. The van der Waals surface area contributed by atoms with Crippen LogP contribution >= 0.6 is 0 Å². The van der Waals surface area contributed by atoms with E-state index in [2.05, 4.69) is 48.4 Å². The van der Waals surface area contributed by atoms with E-state index in [9.17, 15) is 9.59 Å². The molecule has 6 rings (SSSR count). The van der Waals surface area contributed by atoms with Crippen molar-refractivity contribution in [2.45, 2.75) is 84.2 Å². The van der Waals surface area contributed by atoms with Crippen LogP contribution in [0.25, 0.3) is 5.69 Å². The van der Waals surface area contributed by atoms with E-state index in [1.807, 2.05) is 62.4 Å². The molecule has 2 N–H and O–H groups in total. The van der Waals surface area contributed by atoms with Crippen LogP contribution in [0.4, 0.5) is 16.3 Å². The molecule has 2 bridgehead atoms. The summed E-state index contributed by atoms with van der Waals surface area (Å²) in [5.41, 5.74) is 5.66. The Bertz CT molecular complexity index is 1600. The third kappa shape index (κ3) is 6.10. The predicted molar refractivity (Wildman–Crippen MR) is 169 cm³/mol. The van der Waals surface area contributed by atoms with Gasteiger partial charge in [0.05, 0.1) is 17.6 Å². The van der Waals surface area contributed by atoms with Crippen LogP contribution in [0.15, 0.2) is 71.3 Å². The SMILES string of the molecule is Cc1ccc(-n2nc(C(C)(C)C)cc2NC(=O)Nc2ccc(CC3CC4CCC(C3)N4C(=O)c3occc3C)cc2)cc1. The molecule has 0 spiro atoms. The van der Waals surface area contributed by atoms with Crippen LogP contribution in [-0.2, 0) is 11.8 Å². The predicted octanol–water partition coefficient (Wildman–Crippen LogP) is 7.65. The van der Waals surface area contributed by atoms with Crippen molar-refractivity contribution < 1.29 is 14.0 Å². The molecule has 2 aliphatic rings. The van der Waals surface area contributed by atoms with E-state index in [4.69, 9.17) is 9.52 Å². The fourth-order valence-electron chi connectivity index (χ4n) is 6.55. The maximum atomic E-state index is 13.2. The molecule has 4 aromatic rings. The Labute approximate surface area is 253 Å². The number of aromatic nitrogens is 2. The Balaban J connectivity index is 1.07. The van der Waals surface area contributed by atoms with Crippen molar-refractivity contribution in [1.29, 1.82) is 0 Å². The van der Waals surface area contributed by atoms with Crippen molar-refractivity contribution in [3.05, 3.63) is 95.1 Å². The first-order chi connectivity index (χ1) is 20.5. The quantitative estimate of drug-likeness (QED) is 0.245. The van der Waals surface area contributed by atoms with Gasteiger partial charge in [0.15, 0.2) is 5.76 Å². The van der Waals surface area contributed by atoms with Crippen molar-refractivity contribution in [3.8, 4) is 5.69 Å². The van der Waals surface area contributed by atoms with Gasteiger partial charge in [-0.2, -0.15) is 5.10 Å². The molecule has 2 atom stereocenters. The first-order valence-corrected chi connectivity index (χ1v) is 15.3. The van der Waals surface area contributed by atoms with Gasteiger partial charge >= 0.3 is 6.03 Å². The lowest BCUT2D eigenvalue weighted by Gasteiger charge is -2.38. The molecule has 224 valence electrons. The van der Waals surface area contributed by atoms with E-state index in [1.165, 1.54) is 5.56 Å². The Hall–Kier alpha value is -4.33. The van der Waals surface area contributed by atoms with Crippen LogP contribution in [0, 0.1) is 19.8 Å². The normalized spacial score (nSPS) is 19.8. The Morgan fingerprint density at radius 3 is 2.21 bits per heavy atom. The van der Waals surface area contributed by atoms with Crippen LogP contribution in [0.3, 0.4) is 0 Å². The number of urea groups is 1. The lowest BCUT2D eigenvalue weighted by atomic mass is 9.85. The van der Waals surface area contributed by atoms with Crippen molar-refractivity contribution in [1.82, 2.24) is 14.7 Å². The molecule has 2 unspecified atom stereocenters. The average molecular weight is 580 g/mol. The molecule has 8 heteroatoms. The van der Waals surface area contributed by atoms with Crippen LogP contribution in [-0.4, -0.2) is 38.7 Å². The second-order valence-electron chi connectivity index (χ2n) is 13.3. The van der Waals surface area contributed by atoms with Gasteiger partial charge in [0, 0.05) is 34.8 Å². The summed E-state index contributed by atoms with van der Waals surface area (Å²) in [6, 6.07) is 20.2. The second kappa shape index (κ2) is 11.4. The molecular weight excluding hydrogens is 538 g/mol. The standard InChI is InChI=1S/C35H41N5O3/c1-22-6-12-27(13-7-22)40-31(21-30(38-40)35(3,4)5)37-34(42)36-26-10-8-24(9-11-26)18-25-19-28-14-15-29(20-25)39(28)33(41)32-23(2)16-17-43-32/h6-13,16-17,21,25,28-29H,14-15,18-20H2,1-5H3,(H2,36,37,42). The topological polar surface area (TPSA) is 92.4 Å². The summed E-state index contributed by atoms with van der Waals surface area (Å²) in [6.07, 6.45) is 6.70. The summed E-state index contributed by atoms with van der Waals surface area (Å²) in [4.78, 5) is 28.3. The van der Waals surface area contributed by atoms with Crippen molar-refractivity contribution in [3.63, 3.8) is 0 Å². The summed E-state index contributed by atoms with van der Waals surface area (Å²) in [5.74, 6) is 1.67. The number of rotatable bonds is 6. The maximum Gasteiger partial charge on any atom is 0.324 e. The number of nitrogens with one attached hydrogen (secondary N) is 2. The zero-order valence-electron chi connectivity index (χ0n) is 25.7. The Morgan fingerprint density at radius 1 is 0.930 bits per heavy atom. The smallest absolute Gasteiger partial charge is 0.324 e. The van der Waals surface area contributed by atoms with E-state index in [0.29, 0.717) is 17.5 Å². The number of benzene rings is 2. The number of anilines is 2. The minimum Gasteiger partial charge on any atom is -0.459 e. The number of furan rings is 1. The van der Waals surface area contributed by atoms with Crippen LogP contribution < -0.4 is 10.6 Å². The van der Waals surface area contributed by atoms with Gasteiger partial charge in [-0.15, -0.1) is 0 Å². The number of hydrogen-bond acceptors (Lipinski definition) is 4. The minimum absolute atomic E-state index is 0.0405. The molecule has 0 aliphatic carbocycles. The average Bonchev–Trinajstić information content (AvgIpc) is 3.65. The van der Waals surface area contributed by atoms with E-state index in [1.54, 1.807) is 10.9 Å². The fraction of sp³-hybridized carbons (Fsp3) is 0.400. The number of hydrogen-bond donors (Lipinski definition) is 2. The van der Waals surface area contributed by atoms with Gasteiger partial charge in [-0.3, -0.25) is 10.1 Å². The number of aryl methyl sites for hydroxylation is 2. The first-order valence-electron chi connectivity index (χ1n) is 15.3. The Kier molecular flexibility index (Phi) is 7.63. The summed E-state index contributed by atoms with van der Waals surface area (Å²) in [6.45, 7) is 10.3. The van der Waals surface area contributed by atoms with Gasteiger partial charge in [-0.05, 0) is 87.8 Å². The summed E-state index contributed by atoms with van der Waals surface area (Å²) in [5, 5.41) is 10.8. The molecule has 2 fully saturated rings. The molecule has 2 saturated heterocycles. The summed E-state index contributed by atoms with van der Waals surface area (Å²) < 4.78 is 7.29. The number of carbonyl (C=O) groups excluding carboxylic acids is 2. The highest BCUT2D eigenvalue weighted by atomic mass is 16.3. The van der Waals surface area contributed by atoms with Crippen molar-refractivity contribution in [2.24, 2.45) is 5.92 Å². The van der Waals surface area contributed by atoms with E-state index >= 15 is 0 Å². The highest BCUT2D eigenvalue weighted by molar-refractivity contribution is 5.99. The maximum absolute atomic E-state index is 13.2. The van der Waals surface area contributed by atoms with Crippen LogP contribution in [0.1, 0.15) is 79.4 Å². The lowest BCUT2D eigenvalue weighted by molar-refractivity contribution is 0.0492. The van der Waals surface area contributed by atoms with Gasteiger partial charge < -0.3 is 14.6 Å². The summed E-state index contributed by atoms with van der Waals surface area (Å²) in [7, 11) is 0. The number of nitrogens with zero attached hydrogens (tertiary/aromatic N) is 3. The molecule has 43 heavy (non-hydrogen) atoms. The molecule has 0 radical (unpaired) electrons. The Morgan fingerprint density at radius 2 is 1.60 bits per heavy atom. The third-order valence-corrected chi connectivity index (χ3v) is 8.86. The largest absolute Gasteiger partial charge is 0.459 e. The van der Waals surface area contributed by atoms with Crippen molar-refractivity contribution >= 4 is 23.4 Å². The van der Waals surface area contributed by atoms with Gasteiger partial charge in [0.25, 0.3) is 5.91 Å². The van der Waals surface area contributed by atoms with E-state index in [0.717, 1.165) is 60.3 Å². The van der Waals surface area contributed by atoms with Gasteiger partial charge in [0.1, 0.15) is 5.82 Å². The zero-order chi connectivity index (χ0) is 30.3. The third-order valence-electron chi connectivity index (χ3n) is 8.86. The van der Waals surface area contributed by atoms with E-state index < -0.39 is 0 Å². The number of amides is 3. The second-order valence-corrected chi connectivity index (χ2v) is 13.3. The first kappa shape index (κ1) is 28.8. The van der Waals surface area contributed by atoms with Crippen LogP contribution in [0.5, 0.6) is 0 Å².